The van der Waals surface area contributed by atoms with Crippen LogP contribution in [0.1, 0.15) is 12.5 Å². The number of halogens is 2. The van der Waals surface area contributed by atoms with Gasteiger partial charge in [0.15, 0.2) is 6.10 Å². The molecule has 0 aromatic heterocycles. The van der Waals surface area contributed by atoms with Gasteiger partial charge >= 0.3 is 5.97 Å². The van der Waals surface area contributed by atoms with Gasteiger partial charge in [-0.15, -0.1) is 0 Å². The molecule has 0 aliphatic carbocycles. The van der Waals surface area contributed by atoms with E-state index in [1.54, 1.807) is 48.7 Å². The Balaban J connectivity index is 2.07. The van der Waals surface area contributed by atoms with Gasteiger partial charge in [0.25, 0.3) is 0 Å². The third-order valence-corrected chi connectivity index (χ3v) is 3.34. The van der Waals surface area contributed by atoms with E-state index in [2.05, 4.69) is 4.99 Å². The number of rotatable bonds is 5. The lowest BCUT2D eigenvalue weighted by Crippen LogP contribution is -2.22. The first-order valence-electron chi connectivity index (χ1n) is 6.44. The van der Waals surface area contributed by atoms with Crippen LogP contribution in [-0.2, 0) is 4.79 Å². The molecule has 2 aromatic rings. The number of nitrogens with zero attached hydrogens (tertiary/aromatic N) is 1. The molecule has 1 atom stereocenters. The van der Waals surface area contributed by atoms with E-state index in [0.717, 1.165) is 5.56 Å². The number of carbonyl (C=O) groups is 1. The minimum Gasteiger partial charge on any atom is -0.479 e. The van der Waals surface area contributed by atoms with Crippen molar-refractivity contribution in [3.05, 3.63) is 58.1 Å². The molecule has 0 heterocycles. The fraction of sp³-hybridized carbons (Fsp3) is 0.125. The zero-order chi connectivity index (χ0) is 16.1. The van der Waals surface area contributed by atoms with Gasteiger partial charge in [0, 0.05) is 11.2 Å². The largest absolute Gasteiger partial charge is 0.479 e. The standard InChI is InChI=1S/C16H13Cl2NO3/c1-10(16(20)21)22-13-5-2-11(3-6-13)9-19-15-7-4-12(17)8-14(15)18/h2-10H,1H3,(H,20,21)/t10-/m0/s1. The highest BCUT2D eigenvalue weighted by molar-refractivity contribution is 6.36. The highest BCUT2D eigenvalue weighted by Crippen LogP contribution is 2.27. The number of aliphatic imine (C=N–C) groups is 1. The molecular formula is C16H13Cl2NO3. The first kappa shape index (κ1) is 16.3. The second kappa shape index (κ2) is 7.29. The van der Waals surface area contributed by atoms with Crippen LogP contribution >= 0.6 is 23.2 Å². The lowest BCUT2D eigenvalue weighted by molar-refractivity contribution is -0.144. The molecule has 114 valence electrons. The van der Waals surface area contributed by atoms with Gasteiger partial charge in [-0.2, -0.15) is 0 Å². The van der Waals surface area contributed by atoms with Crippen LogP contribution in [0.2, 0.25) is 10.0 Å². The highest BCUT2D eigenvalue weighted by atomic mass is 35.5. The topological polar surface area (TPSA) is 58.9 Å². The summed E-state index contributed by atoms with van der Waals surface area (Å²) in [6.45, 7) is 1.47. The zero-order valence-corrected chi connectivity index (χ0v) is 13.2. The lowest BCUT2D eigenvalue weighted by atomic mass is 10.2. The molecule has 0 bridgehead atoms. The Morgan fingerprint density at radius 2 is 1.91 bits per heavy atom. The Bertz CT molecular complexity index is 699. The Labute approximate surface area is 138 Å². The number of carboxylic acid groups (broad SMARTS) is 1. The Kier molecular flexibility index (Phi) is 5.41. The normalized spacial score (nSPS) is 12.3. The molecule has 0 aliphatic heterocycles. The van der Waals surface area contributed by atoms with Crippen molar-refractivity contribution in [1.29, 1.82) is 0 Å². The summed E-state index contributed by atoms with van der Waals surface area (Å²) in [5.74, 6) is -0.528. The van der Waals surface area contributed by atoms with Crippen molar-refractivity contribution < 1.29 is 14.6 Å². The maximum atomic E-state index is 10.7. The van der Waals surface area contributed by atoms with Crippen molar-refractivity contribution in [3.8, 4) is 5.75 Å². The number of hydrogen-bond donors (Lipinski definition) is 1. The van der Waals surface area contributed by atoms with Gasteiger partial charge in [0.05, 0.1) is 10.7 Å². The summed E-state index contributed by atoms with van der Waals surface area (Å²) >= 11 is 11.9. The molecule has 0 saturated carbocycles. The van der Waals surface area contributed by atoms with Crippen LogP contribution in [0.25, 0.3) is 0 Å². The minimum atomic E-state index is -1.01. The van der Waals surface area contributed by atoms with Crippen molar-refractivity contribution in [3.63, 3.8) is 0 Å². The fourth-order valence-electron chi connectivity index (χ4n) is 1.62. The second-order valence-corrected chi connectivity index (χ2v) is 5.36. The molecule has 2 aromatic carbocycles. The van der Waals surface area contributed by atoms with E-state index >= 15 is 0 Å². The Morgan fingerprint density at radius 1 is 1.23 bits per heavy atom. The van der Waals surface area contributed by atoms with E-state index in [4.69, 9.17) is 33.0 Å². The third kappa shape index (κ3) is 4.48. The van der Waals surface area contributed by atoms with Crippen LogP contribution in [0.5, 0.6) is 5.75 Å². The lowest BCUT2D eigenvalue weighted by Gasteiger charge is -2.09. The number of carboxylic acids is 1. The van der Waals surface area contributed by atoms with Crippen molar-refractivity contribution in [1.82, 2.24) is 0 Å². The van der Waals surface area contributed by atoms with Crippen molar-refractivity contribution in [2.75, 3.05) is 0 Å². The monoisotopic (exact) mass is 337 g/mol. The average molecular weight is 338 g/mol. The molecular weight excluding hydrogens is 325 g/mol. The summed E-state index contributed by atoms with van der Waals surface area (Å²) < 4.78 is 5.25. The molecule has 2 rings (SSSR count). The number of benzene rings is 2. The fourth-order valence-corrected chi connectivity index (χ4v) is 2.07. The molecule has 0 radical (unpaired) electrons. The highest BCUT2D eigenvalue weighted by Gasteiger charge is 2.11. The van der Waals surface area contributed by atoms with Crippen LogP contribution in [0.15, 0.2) is 47.5 Å². The van der Waals surface area contributed by atoms with Crippen LogP contribution in [0.4, 0.5) is 5.69 Å². The van der Waals surface area contributed by atoms with E-state index in [0.29, 0.717) is 21.5 Å². The summed E-state index contributed by atoms with van der Waals surface area (Å²) in [6, 6.07) is 12.0. The predicted octanol–water partition coefficient (Wildman–Crippen LogP) is 4.60. The summed E-state index contributed by atoms with van der Waals surface area (Å²) in [5.41, 5.74) is 1.45. The third-order valence-electron chi connectivity index (χ3n) is 2.80. The van der Waals surface area contributed by atoms with E-state index in [1.807, 2.05) is 0 Å². The smallest absolute Gasteiger partial charge is 0.344 e. The van der Waals surface area contributed by atoms with Crippen LogP contribution in [0, 0.1) is 0 Å². The van der Waals surface area contributed by atoms with Gasteiger partial charge in [0.2, 0.25) is 0 Å². The predicted molar refractivity (Wildman–Crippen MR) is 87.9 cm³/mol. The van der Waals surface area contributed by atoms with Gasteiger partial charge in [-0.3, -0.25) is 4.99 Å². The van der Waals surface area contributed by atoms with Crippen molar-refractivity contribution in [2.45, 2.75) is 13.0 Å². The molecule has 22 heavy (non-hydrogen) atoms. The molecule has 0 amide bonds. The molecule has 6 heteroatoms. The Hall–Kier alpha value is -2.04. The van der Waals surface area contributed by atoms with Crippen LogP contribution in [-0.4, -0.2) is 23.4 Å². The maximum absolute atomic E-state index is 10.7. The summed E-state index contributed by atoms with van der Waals surface area (Å²) in [6.07, 6.45) is 0.756. The number of hydrogen-bond acceptors (Lipinski definition) is 3. The molecule has 4 nitrogen and oxygen atoms in total. The molecule has 0 spiro atoms. The number of aliphatic carboxylic acids is 1. The molecule has 0 unspecified atom stereocenters. The average Bonchev–Trinajstić information content (AvgIpc) is 2.47. The molecule has 0 saturated heterocycles. The zero-order valence-electron chi connectivity index (χ0n) is 11.7. The maximum Gasteiger partial charge on any atom is 0.344 e. The SMILES string of the molecule is C[C@H](Oc1ccc(C=Nc2ccc(Cl)cc2Cl)cc1)C(=O)O. The summed E-state index contributed by atoms with van der Waals surface area (Å²) in [5, 5.41) is 9.81. The van der Waals surface area contributed by atoms with E-state index in [-0.39, 0.29) is 0 Å². The summed E-state index contributed by atoms with van der Waals surface area (Å²) in [7, 11) is 0. The minimum absolute atomic E-state index is 0.471. The van der Waals surface area contributed by atoms with Crippen LogP contribution < -0.4 is 4.74 Å². The first-order chi connectivity index (χ1) is 10.5. The summed E-state index contributed by atoms with van der Waals surface area (Å²) in [4.78, 5) is 15.0. The van der Waals surface area contributed by atoms with Gasteiger partial charge in [-0.25, -0.2) is 4.79 Å². The number of ether oxygens (including phenoxy) is 1. The van der Waals surface area contributed by atoms with E-state index < -0.39 is 12.1 Å². The van der Waals surface area contributed by atoms with Crippen LogP contribution in [0.3, 0.4) is 0 Å². The molecule has 0 aliphatic rings. The van der Waals surface area contributed by atoms with Gasteiger partial charge in [0.1, 0.15) is 5.75 Å². The van der Waals surface area contributed by atoms with Gasteiger partial charge < -0.3 is 9.84 Å². The van der Waals surface area contributed by atoms with Gasteiger partial charge in [-0.05, 0) is 55.0 Å². The van der Waals surface area contributed by atoms with E-state index in [1.165, 1.54) is 6.92 Å². The van der Waals surface area contributed by atoms with Crippen molar-refractivity contribution in [2.24, 2.45) is 4.99 Å². The molecule has 1 N–H and O–H groups in total. The quantitative estimate of drug-likeness (QED) is 0.811. The Morgan fingerprint density at radius 3 is 2.50 bits per heavy atom. The first-order valence-corrected chi connectivity index (χ1v) is 7.20. The second-order valence-electron chi connectivity index (χ2n) is 4.52. The van der Waals surface area contributed by atoms with E-state index in [9.17, 15) is 4.79 Å². The molecule has 0 fully saturated rings. The van der Waals surface area contributed by atoms with Crippen molar-refractivity contribution >= 4 is 41.1 Å². The van der Waals surface area contributed by atoms with Gasteiger partial charge in [-0.1, -0.05) is 23.2 Å².